The van der Waals surface area contributed by atoms with Gasteiger partial charge in [0.1, 0.15) is 5.75 Å². The van der Waals surface area contributed by atoms with Crippen molar-refractivity contribution in [3.63, 3.8) is 0 Å². The molecule has 1 heterocycles. The van der Waals surface area contributed by atoms with Gasteiger partial charge in [0.2, 0.25) is 0 Å². The van der Waals surface area contributed by atoms with Gasteiger partial charge in [0.05, 0.1) is 12.7 Å². The van der Waals surface area contributed by atoms with E-state index in [1.54, 1.807) is 12.1 Å². The van der Waals surface area contributed by atoms with Crippen LogP contribution in [0.1, 0.15) is 32.6 Å². The highest BCUT2D eigenvalue weighted by Crippen LogP contribution is 2.26. The van der Waals surface area contributed by atoms with E-state index in [0.29, 0.717) is 38.3 Å². The molecular formula is C20H31N3O3. The summed E-state index contributed by atoms with van der Waals surface area (Å²) in [6, 6.07) is 7.25. The molecule has 2 amide bonds. The van der Waals surface area contributed by atoms with Crippen molar-refractivity contribution in [2.75, 3.05) is 44.2 Å². The lowest BCUT2D eigenvalue weighted by Gasteiger charge is -2.36. The lowest BCUT2D eigenvalue weighted by atomic mass is 9.88. The number of piperazine rings is 1. The number of carbonyl (C=O) groups excluding carboxylic acids is 1. The predicted molar refractivity (Wildman–Crippen MR) is 103 cm³/mol. The summed E-state index contributed by atoms with van der Waals surface area (Å²) >= 11 is 0. The average molecular weight is 361 g/mol. The minimum atomic E-state index is -0.0131. The second-order valence-electron chi connectivity index (χ2n) is 7.40. The van der Waals surface area contributed by atoms with Gasteiger partial charge in [0, 0.05) is 44.5 Å². The Morgan fingerprint density at radius 3 is 2.73 bits per heavy atom. The number of amides is 2. The van der Waals surface area contributed by atoms with Crippen LogP contribution in [-0.2, 0) is 4.74 Å². The van der Waals surface area contributed by atoms with Crippen LogP contribution in [0.3, 0.4) is 0 Å². The molecule has 2 fully saturated rings. The van der Waals surface area contributed by atoms with E-state index in [2.05, 4.69) is 17.1 Å². The highest BCUT2D eigenvalue weighted by molar-refractivity contribution is 5.74. The molecule has 0 bridgehead atoms. The molecule has 2 aliphatic rings. The van der Waals surface area contributed by atoms with Crippen LogP contribution in [0.4, 0.5) is 10.5 Å². The Morgan fingerprint density at radius 2 is 2.00 bits per heavy atom. The largest absolute Gasteiger partial charge is 0.508 e. The first-order valence-electron chi connectivity index (χ1n) is 9.82. The maximum absolute atomic E-state index is 12.3. The number of benzene rings is 1. The van der Waals surface area contributed by atoms with Crippen molar-refractivity contribution in [2.45, 2.75) is 38.7 Å². The number of nitrogens with zero attached hydrogens (tertiary/aromatic N) is 2. The van der Waals surface area contributed by atoms with Gasteiger partial charge in [-0.25, -0.2) is 4.79 Å². The highest BCUT2D eigenvalue weighted by Gasteiger charge is 2.23. The number of rotatable bonds is 5. The number of urea groups is 1. The van der Waals surface area contributed by atoms with Crippen LogP contribution in [-0.4, -0.2) is 61.5 Å². The van der Waals surface area contributed by atoms with Crippen molar-refractivity contribution < 1.29 is 14.6 Å². The Hall–Kier alpha value is -1.95. The number of phenols is 1. The van der Waals surface area contributed by atoms with Gasteiger partial charge in [0.15, 0.2) is 0 Å². The van der Waals surface area contributed by atoms with Gasteiger partial charge in [-0.15, -0.1) is 0 Å². The third-order valence-electron chi connectivity index (χ3n) is 5.50. The molecule has 2 N–H and O–H groups in total. The van der Waals surface area contributed by atoms with Gasteiger partial charge in [-0.05, 0) is 30.9 Å². The number of anilines is 1. The van der Waals surface area contributed by atoms with Gasteiger partial charge >= 0.3 is 6.03 Å². The van der Waals surface area contributed by atoms with Crippen molar-refractivity contribution in [3.8, 4) is 5.75 Å². The van der Waals surface area contributed by atoms with E-state index in [-0.39, 0.29) is 11.8 Å². The Morgan fingerprint density at radius 1 is 1.23 bits per heavy atom. The fourth-order valence-electron chi connectivity index (χ4n) is 3.87. The number of ether oxygens (including phenoxy) is 1. The van der Waals surface area contributed by atoms with E-state index >= 15 is 0 Å². The van der Waals surface area contributed by atoms with Crippen molar-refractivity contribution in [1.82, 2.24) is 10.2 Å². The van der Waals surface area contributed by atoms with Crippen LogP contribution in [0.25, 0.3) is 0 Å². The molecule has 144 valence electrons. The number of phenolic OH excluding ortho intramolecular Hbond substituents is 1. The van der Waals surface area contributed by atoms with Gasteiger partial charge in [-0.2, -0.15) is 0 Å². The molecular weight excluding hydrogens is 330 g/mol. The third kappa shape index (κ3) is 5.04. The van der Waals surface area contributed by atoms with E-state index in [1.165, 1.54) is 19.3 Å². The first-order valence-corrected chi connectivity index (χ1v) is 9.82. The standard InChI is InChI=1S/C20H31N3O3/c1-16-5-2-3-8-19(16)26-14-9-21-20(25)23-12-10-22(11-13-23)17-6-4-7-18(24)15-17/h4,6-7,15-16,19,24H,2-3,5,8-14H2,1H3,(H,21,25). The van der Waals surface area contributed by atoms with Gasteiger partial charge < -0.3 is 25.0 Å². The van der Waals surface area contributed by atoms with Crippen LogP contribution in [0.2, 0.25) is 0 Å². The zero-order chi connectivity index (χ0) is 18.4. The van der Waals surface area contributed by atoms with Crippen LogP contribution >= 0.6 is 0 Å². The molecule has 26 heavy (non-hydrogen) atoms. The third-order valence-corrected chi connectivity index (χ3v) is 5.50. The van der Waals surface area contributed by atoms with Crippen molar-refractivity contribution in [1.29, 1.82) is 0 Å². The van der Waals surface area contributed by atoms with Crippen molar-refractivity contribution in [2.24, 2.45) is 5.92 Å². The average Bonchev–Trinajstić information content (AvgIpc) is 2.66. The van der Waals surface area contributed by atoms with Crippen LogP contribution < -0.4 is 10.2 Å². The van der Waals surface area contributed by atoms with E-state index in [4.69, 9.17) is 4.74 Å². The number of carbonyl (C=O) groups is 1. The molecule has 0 radical (unpaired) electrons. The molecule has 1 aliphatic carbocycles. The van der Waals surface area contributed by atoms with E-state index in [1.807, 2.05) is 17.0 Å². The Balaban J connectivity index is 1.34. The zero-order valence-corrected chi connectivity index (χ0v) is 15.7. The maximum Gasteiger partial charge on any atom is 0.317 e. The quantitative estimate of drug-likeness (QED) is 0.792. The fourth-order valence-corrected chi connectivity index (χ4v) is 3.87. The maximum atomic E-state index is 12.3. The SMILES string of the molecule is CC1CCCCC1OCCNC(=O)N1CCN(c2cccc(O)c2)CC1. The highest BCUT2D eigenvalue weighted by atomic mass is 16.5. The first-order chi connectivity index (χ1) is 12.6. The summed E-state index contributed by atoms with van der Waals surface area (Å²) in [6.45, 7) is 6.32. The Bertz CT molecular complexity index is 587. The molecule has 2 unspecified atom stereocenters. The van der Waals surface area contributed by atoms with E-state index in [9.17, 15) is 9.90 Å². The summed E-state index contributed by atoms with van der Waals surface area (Å²) < 4.78 is 5.95. The summed E-state index contributed by atoms with van der Waals surface area (Å²) in [5, 5.41) is 12.6. The summed E-state index contributed by atoms with van der Waals surface area (Å²) in [5.41, 5.74) is 1.00. The first kappa shape index (κ1) is 18.8. The molecule has 1 saturated carbocycles. The topological polar surface area (TPSA) is 65.0 Å². The van der Waals surface area contributed by atoms with Crippen LogP contribution in [0.15, 0.2) is 24.3 Å². The molecule has 1 aliphatic heterocycles. The Kier molecular flexibility index (Phi) is 6.61. The second kappa shape index (κ2) is 9.12. The fraction of sp³-hybridized carbons (Fsp3) is 0.650. The molecule has 6 nitrogen and oxygen atoms in total. The summed E-state index contributed by atoms with van der Waals surface area (Å²) in [7, 11) is 0. The molecule has 2 atom stereocenters. The lowest BCUT2D eigenvalue weighted by molar-refractivity contribution is -0.00272. The minimum absolute atomic E-state index is 0.0131. The molecule has 6 heteroatoms. The van der Waals surface area contributed by atoms with Gasteiger partial charge in [-0.3, -0.25) is 0 Å². The summed E-state index contributed by atoms with van der Waals surface area (Å²) in [5.74, 6) is 0.903. The molecule has 1 saturated heterocycles. The molecule has 3 rings (SSSR count). The normalized spacial score (nSPS) is 23.7. The second-order valence-corrected chi connectivity index (χ2v) is 7.40. The van der Waals surface area contributed by atoms with Crippen LogP contribution in [0.5, 0.6) is 5.75 Å². The summed E-state index contributed by atoms with van der Waals surface area (Å²) in [4.78, 5) is 16.4. The monoisotopic (exact) mass is 361 g/mol. The van der Waals surface area contributed by atoms with Gasteiger partial charge in [-0.1, -0.05) is 25.8 Å². The van der Waals surface area contributed by atoms with E-state index in [0.717, 1.165) is 25.2 Å². The van der Waals surface area contributed by atoms with E-state index < -0.39 is 0 Å². The van der Waals surface area contributed by atoms with Crippen molar-refractivity contribution >= 4 is 11.7 Å². The molecule has 1 aromatic carbocycles. The van der Waals surface area contributed by atoms with Crippen molar-refractivity contribution in [3.05, 3.63) is 24.3 Å². The predicted octanol–water partition coefficient (Wildman–Crippen LogP) is 2.82. The lowest BCUT2D eigenvalue weighted by Crippen LogP contribution is -2.52. The number of hydrogen-bond acceptors (Lipinski definition) is 4. The molecule has 0 spiro atoms. The number of aromatic hydroxyl groups is 1. The Labute approximate surface area is 156 Å². The minimum Gasteiger partial charge on any atom is -0.508 e. The van der Waals surface area contributed by atoms with Gasteiger partial charge in [0.25, 0.3) is 0 Å². The number of hydrogen-bond donors (Lipinski definition) is 2. The van der Waals surface area contributed by atoms with Crippen LogP contribution in [0, 0.1) is 5.92 Å². The summed E-state index contributed by atoms with van der Waals surface area (Å²) in [6.07, 6.45) is 5.32. The smallest absolute Gasteiger partial charge is 0.317 e. The zero-order valence-electron chi connectivity index (χ0n) is 15.7. The molecule has 0 aromatic heterocycles. The number of nitrogens with one attached hydrogen (secondary N) is 1. The molecule has 1 aromatic rings.